The van der Waals surface area contributed by atoms with Crippen LogP contribution in [0.2, 0.25) is 0 Å². The molecule has 0 radical (unpaired) electrons. The zero-order chi connectivity index (χ0) is 12.2. The van der Waals surface area contributed by atoms with Crippen LogP contribution in [0.5, 0.6) is 0 Å². The lowest BCUT2D eigenvalue weighted by atomic mass is 10.1. The summed E-state index contributed by atoms with van der Waals surface area (Å²) >= 11 is 0. The summed E-state index contributed by atoms with van der Waals surface area (Å²) in [5, 5.41) is 8.35. The third kappa shape index (κ3) is 9.77. The van der Waals surface area contributed by atoms with E-state index in [2.05, 4.69) is 11.7 Å². The second-order valence-electron chi connectivity index (χ2n) is 3.99. The van der Waals surface area contributed by atoms with Crippen molar-refractivity contribution in [1.29, 1.82) is 0 Å². The molecule has 0 bridgehead atoms. The summed E-state index contributed by atoms with van der Waals surface area (Å²) in [5.74, 6) is 0. The molecule has 0 saturated heterocycles. The lowest BCUT2D eigenvalue weighted by Gasteiger charge is -2.13. The molecule has 0 spiro atoms. The number of carboxylic acid groups (broad SMARTS) is 1. The molecule has 0 aromatic carbocycles. The monoisotopic (exact) mass is 232 g/mol. The maximum Gasteiger partial charge on any atom is 0.505 e. The minimum Gasteiger partial charge on any atom is -0.450 e. The lowest BCUT2D eigenvalue weighted by molar-refractivity contribution is 0.0118. The van der Waals surface area contributed by atoms with E-state index in [1.165, 1.54) is 32.1 Å². The summed E-state index contributed by atoms with van der Waals surface area (Å²) < 4.78 is 9.62. The highest BCUT2D eigenvalue weighted by Gasteiger charge is 2.09. The van der Waals surface area contributed by atoms with Crippen LogP contribution < -0.4 is 0 Å². The van der Waals surface area contributed by atoms with Crippen LogP contribution in [-0.2, 0) is 9.47 Å². The van der Waals surface area contributed by atoms with Crippen LogP contribution in [0.1, 0.15) is 51.9 Å². The first kappa shape index (κ1) is 15.2. The molecule has 1 atom stereocenters. The molecule has 0 saturated carbocycles. The summed E-state index contributed by atoms with van der Waals surface area (Å²) in [5.41, 5.74) is 0. The first-order chi connectivity index (χ1) is 7.70. The fourth-order valence-corrected chi connectivity index (χ4v) is 1.59. The first-order valence-corrected chi connectivity index (χ1v) is 6.09. The Bertz CT molecular complexity index is 170. The summed E-state index contributed by atoms with van der Waals surface area (Å²) in [6.07, 6.45) is 6.91. The number of hydrogen-bond donors (Lipinski definition) is 1. The second kappa shape index (κ2) is 10.7. The molecule has 0 rings (SSSR count). The van der Waals surface area contributed by atoms with Gasteiger partial charge in [0.05, 0.1) is 6.10 Å². The first-order valence-electron chi connectivity index (χ1n) is 6.09. The van der Waals surface area contributed by atoms with Crippen molar-refractivity contribution < 1.29 is 19.4 Å². The average Bonchev–Trinajstić information content (AvgIpc) is 2.27. The summed E-state index contributed by atoms with van der Waals surface area (Å²) in [6.45, 7) is 2.34. The van der Waals surface area contributed by atoms with Gasteiger partial charge < -0.3 is 14.6 Å². The van der Waals surface area contributed by atoms with Crippen molar-refractivity contribution in [3.05, 3.63) is 0 Å². The number of ether oxygens (including phenoxy) is 2. The second-order valence-corrected chi connectivity index (χ2v) is 3.99. The predicted molar refractivity (Wildman–Crippen MR) is 62.8 cm³/mol. The van der Waals surface area contributed by atoms with Crippen molar-refractivity contribution in [2.45, 2.75) is 58.0 Å². The van der Waals surface area contributed by atoms with E-state index < -0.39 is 6.16 Å². The van der Waals surface area contributed by atoms with Gasteiger partial charge in [0, 0.05) is 7.11 Å². The van der Waals surface area contributed by atoms with E-state index in [4.69, 9.17) is 9.84 Å². The summed E-state index contributed by atoms with van der Waals surface area (Å²) in [6, 6.07) is 0. The lowest BCUT2D eigenvalue weighted by Crippen LogP contribution is -2.20. The Kier molecular flexibility index (Phi) is 10.2. The van der Waals surface area contributed by atoms with E-state index in [1.54, 1.807) is 7.11 Å². The van der Waals surface area contributed by atoms with Gasteiger partial charge in [-0.05, 0) is 6.42 Å². The standard InChI is InChI=1S/C12H24O4/c1-3-4-5-6-7-8-9-11(15-2)10-16-12(13)14/h11H,3-10H2,1-2H3,(H,13,14). The fraction of sp³-hybridized carbons (Fsp3) is 0.917. The maximum absolute atomic E-state index is 10.2. The molecule has 0 aliphatic rings. The van der Waals surface area contributed by atoms with Crippen molar-refractivity contribution in [3.8, 4) is 0 Å². The topological polar surface area (TPSA) is 55.8 Å². The number of unbranched alkanes of at least 4 members (excludes halogenated alkanes) is 5. The van der Waals surface area contributed by atoms with Crippen LogP contribution in [0.15, 0.2) is 0 Å². The number of methoxy groups -OCH3 is 1. The molecule has 16 heavy (non-hydrogen) atoms. The molecular weight excluding hydrogens is 208 g/mol. The van der Waals surface area contributed by atoms with Crippen LogP contribution in [0, 0.1) is 0 Å². The van der Waals surface area contributed by atoms with Crippen molar-refractivity contribution in [2.75, 3.05) is 13.7 Å². The molecule has 4 nitrogen and oxygen atoms in total. The van der Waals surface area contributed by atoms with Crippen molar-refractivity contribution in [3.63, 3.8) is 0 Å². The van der Waals surface area contributed by atoms with E-state index in [-0.39, 0.29) is 12.7 Å². The zero-order valence-electron chi connectivity index (χ0n) is 10.4. The molecule has 0 aromatic heterocycles. The highest BCUT2D eigenvalue weighted by Crippen LogP contribution is 2.10. The Morgan fingerprint density at radius 3 is 2.38 bits per heavy atom. The van der Waals surface area contributed by atoms with Crippen LogP contribution in [0.4, 0.5) is 4.79 Å². The highest BCUT2D eigenvalue weighted by atomic mass is 16.7. The summed E-state index contributed by atoms with van der Waals surface area (Å²) in [4.78, 5) is 10.2. The van der Waals surface area contributed by atoms with Gasteiger partial charge in [-0.3, -0.25) is 0 Å². The Morgan fingerprint density at radius 2 is 1.81 bits per heavy atom. The van der Waals surface area contributed by atoms with E-state index in [1.807, 2.05) is 0 Å². The van der Waals surface area contributed by atoms with E-state index >= 15 is 0 Å². The fourth-order valence-electron chi connectivity index (χ4n) is 1.59. The largest absolute Gasteiger partial charge is 0.505 e. The normalized spacial score (nSPS) is 12.4. The van der Waals surface area contributed by atoms with E-state index in [0.29, 0.717) is 0 Å². The quantitative estimate of drug-likeness (QED) is 0.463. The Labute approximate surface area is 97.9 Å². The van der Waals surface area contributed by atoms with Gasteiger partial charge in [0.25, 0.3) is 0 Å². The minimum absolute atomic E-state index is 0.0951. The van der Waals surface area contributed by atoms with Crippen LogP contribution in [-0.4, -0.2) is 31.1 Å². The SMILES string of the molecule is CCCCCCCCC(COC(=O)O)OC. The number of carbonyl (C=O) groups is 1. The third-order valence-corrected chi connectivity index (χ3v) is 2.61. The zero-order valence-corrected chi connectivity index (χ0v) is 10.4. The molecule has 0 aliphatic carbocycles. The molecule has 4 heteroatoms. The Morgan fingerprint density at radius 1 is 1.19 bits per heavy atom. The van der Waals surface area contributed by atoms with E-state index in [0.717, 1.165) is 12.8 Å². The Balaban J connectivity index is 3.37. The van der Waals surface area contributed by atoms with Gasteiger partial charge in [0.2, 0.25) is 0 Å². The summed E-state index contributed by atoms with van der Waals surface area (Å²) in [7, 11) is 1.59. The third-order valence-electron chi connectivity index (χ3n) is 2.61. The molecule has 0 aromatic rings. The number of rotatable bonds is 10. The van der Waals surface area contributed by atoms with Gasteiger partial charge >= 0.3 is 6.16 Å². The average molecular weight is 232 g/mol. The van der Waals surface area contributed by atoms with Gasteiger partial charge in [-0.15, -0.1) is 0 Å². The minimum atomic E-state index is -1.23. The number of hydrogen-bond acceptors (Lipinski definition) is 3. The van der Waals surface area contributed by atoms with Crippen LogP contribution in [0.3, 0.4) is 0 Å². The predicted octanol–water partition coefficient (Wildman–Crippen LogP) is 3.45. The van der Waals surface area contributed by atoms with Gasteiger partial charge in [0.15, 0.2) is 0 Å². The molecule has 96 valence electrons. The molecule has 1 N–H and O–H groups in total. The highest BCUT2D eigenvalue weighted by molar-refractivity contribution is 5.56. The Hall–Kier alpha value is -0.770. The van der Waals surface area contributed by atoms with E-state index in [9.17, 15) is 4.79 Å². The molecule has 0 aliphatic heterocycles. The van der Waals surface area contributed by atoms with Crippen molar-refractivity contribution in [1.82, 2.24) is 0 Å². The molecule has 0 heterocycles. The molecule has 0 amide bonds. The maximum atomic E-state index is 10.2. The smallest absolute Gasteiger partial charge is 0.450 e. The van der Waals surface area contributed by atoms with Crippen molar-refractivity contribution in [2.24, 2.45) is 0 Å². The van der Waals surface area contributed by atoms with Crippen LogP contribution >= 0.6 is 0 Å². The van der Waals surface area contributed by atoms with Crippen molar-refractivity contribution >= 4 is 6.16 Å². The van der Waals surface area contributed by atoms with Crippen LogP contribution in [0.25, 0.3) is 0 Å². The molecule has 1 unspecified atom stereocenters. The molecular formula is C12H24O4. The van der Waals surface area contributed by atoms with Gasteiger partial charge in [0.1, 0.15) is 6.61 Å². The van der Waals surface area contributed by atoms with Gasteiger partial charge in [-0.1, -0.05) is 45.4 Å². The van der Waals surface area contributed by atoms with Gasteiger partial charge in [-0.2, -0.15) is 0 Å². The van der Waals surface area contributed by atoms with Gasteiger partial charge in [-0.25, -0.2) is 4.79 Å². The molecule has 0 fully saturated rings.